The van der Waals surface area contributed by atoms with Gasteiger partial charge in [-0.3, -0.25) is 0 Å². The molecule has 0 aromatic heterocycles. The SMILES string of the molecule is C=C(C)CCC1CC(CCC)CCC1CNCC. The van der Waals surface area contributed by atoms with Gasteiger partial charge in [-0.2, -0.15) is 0 Å². The van der Waals surface area contributed by atoms with Gasteiger partial charge in [0.15, 0.2) is 0 Å². The van der Waals surface area contributed by atoms with Gasteiger partial charge < -0.3 is 5.32 Å². The first-order valence-electron chi connectivity index (χ1n) is 8.02. The molecule has 0 aromatic carbocycles. The van der Waals surface area contributed by atoms with Gasteiger partial charge in [0.05, 0.1) is 0 Å². The van der Waals surface area contributed by atoms with Crippen molar-refractivity contribution in [2.75, 3.05) is 13.1 Å². The molecule has 1 rings (SSSR count). The topological polar surface area (TPSA) is 12.0 Å². The van der Waals surface area contributed by atoms with Crippen molar-refractivity contribution >= 4 is 0 Å². The Morgan fingerprint density at radius 2 is 1.94 bits per heavy atom. The molecular weight excluding hydrogens is 218 g/mol. The second-order valence-electron chi connectivity index (χ2n) is 6.29. The van der Waals surface area contributed by atoms with Gasteiger partial charge in [-0.05, 0) is 63.5 Å². The van der Waals surface area contributed by atoms with Crippen molar-refractivity contribution in [1.29, 1.82) is 0 Å². The highest BCUT2D eigenvalue weighted by Crippen LogP contribution is 2.38. The summed E-state index contributed by atoms with van der Waals surface area (Å²) in [5.74, 6) is 2.85. The number of hydrogen-bond acceptors (Lipinski definition) is 1. The highest BCUT2D eigenvalue weighted by atomic mass is 14.8. The van der Waals surface area contributed by atoms with Crippen molar-refractivity contribution in [3.8, 4) is 0 Å². The number of hydrogen-bond donors (Lipinski definition) is 1. The Hall–Kier alpha value is -0.300. The molecule has 1 heteroatoms. The fourth-order valence-corrected chi connectivity index (χ4v) is 3.48. The van der Waals surface area contributed by atoms with E-state index in [0.29, 0.717) is 0 Å². The Morgan fingerprint density at radius 3 is 2.56 bits per heavy atom. The minimum Gasteiger partial charge on any atom is -0.317 e. The molecule has 0 aliphatic heterocycles. The molecule has 1 fully saturated rings. The molecule has 0 amide bonds. The van der Waals surface area contributed by atoms with Crippen LogP contribution in [0.1, 0.15) is 65.7 Å². The van der Waals surface area contributed by atoms with Crippen LogP contribution in [0, 0.1) is 17.8 Å². The minimum atomic E-state index is 0.914. The van der Waals surface area contributed by atoms with Crippen LogP contribution in [0.3, 0.4) is 0 Å². The zero-order chi connectivity index (χ0) is 13.4. The van der Waals surface area contributed by atoms with E-state index in [1.165, 1.54) is 57.1 Å². The third kappa shape index (κ3) is 5.56. The Kier molecular flexibility index (Phi) is 7.65. The fraction of sp³-hybridized carbons (Fsp3) is 0.882. The van der Waals surface area contributed by atoms with Gasteiger partial charge in [0.1, 0.15) is 0 Å². The quantitative estimate of drug-likeness (QED) is 0.612. The zero-order valence-electron chi connectivity index (χ0n) is 12.8. The van der Waals surface area contributed by atoms with Gasteiger partial charge in [0.25, 0.3) is 0 Å². The second-order valence-corrected chi connectivity index (χ2v) is 6.29. The Bertz CT molecular complexity index is 234. The van der Waals surface area contributed by atoms with Crippen LogP contribution in [-0.2, 0) is 0 Å². The van der Waals surface area contributed by atoms with E-state index in [4.69, 9.17) is 0 Å². The Morgan fingerprint density at radius 1 is 1.17 bits per heavy atom. The summed E-state index contributed by atoms with van der Waals surface area (Å²) < 4.78 is 0. The minimum absolute atomic E-state index is 0.914. The molecule has 0 radical (unpaired) electrons. The van der Waals surface area contributed by atoms with E-state index in [-0.39, 0.29) is 0 Å². The van der Waals surface area contributed by atoms with E-state index in [2.05, 4.69) is 32.7 Å². The maximum Gasteiger partial charge on any atom is -0.00180 e. The first kappa shape index (κ1) is 15.8. The summed E-state index contributed by atoms with van der Waals surface area (Å²) >= 11 is 0. The molecule has 1 aliphatic rings. The molecule has 3 atom stereocenters. The van der Waals surface area contributed by atoms with Crippen LogP contribution in [-0.4, -0.2) is 13.1 Å². The maximum absolute atomic E-state index is 4.07. The van der Waals surface area contributed by atoms with E-state index in [0.717, 1.165) is 24.3 Å². The summed E-state index contributed by atoms with van der Waals surface area (Å²) in [5.41, 5.74) is 1.36. The van der Waals surface area contributed by atoms with Crippen LogP contribution in [0.4, 0.5) is 0 Å². The summed E-state index contributed by atoms with van der Waals surface area (Å²) in [6.07, 6.45) is 9.77. The van der Waals surface area contributed by atoms with Crippen LogP contribution in [0.25, 0.3) is 0 Å². The molecular formula is C17H33N. The number of nitrogens with one attached hydrogen (secondary N) is 1. The van der Waals surface area contributed by atoms with Gasteiger partial charge in [0.2, 0.25) is 0 Å². The summed E-state index contributed by atoms with van der Waals surface area (Å²) in [6.45, 7) is 13.1. The molecule has 0 aromatic rings. The van der Waals surface area contributed by atoms with Crippen molar-refractivity contribution in [1.82, 2.24) is 5.32 Å². The summed E-state index contributed by atoms with van der Waals surface area (Å²) in [7, 11) is 0. The van der Waals surface area contributed by atoms with Gasteiger partial charge in [0, 0.05) is 0 Å². The lowest BCUT2D eigenvalue weighted by molar-refractivity contribution is 0.160. The lowest BCUT2D eigenvalue weighted by atomic mass is 9.71. The molecule has 106 valence electrons. The first-order valence-corrected chi connectivity index (χ1v) is 8.02. The second kappa shape index (κ2) is 8.74. The molecule has 1 nitrogen and oxygen atoms in total. The molecule has 0 bridgehead atoms. The lowest BCUT2D eigenvalue weighted by Gasteiger charge is -2.36. The van der Waals surface area contributed by atoms with Gasteiger partial charge in [-0.25, -0.2) is 0 Å². The van der Waals surface area contributed by atoms with E-state index < -0.39 is 0 Å². The molecule has 18 heavy (non-hydrogen) atoms. The summed E-state index contributed by atoms with van der Waals surface area (Å²) in [4.78, 5) is 0. The Labute approximate surface area is 114 Å². The standard InChI is InChI=1S/C17H33N/c1-5-7-15-9-11-17(13-18-6-2)16(12-15)10-8-14(3)4/h15-18H,3,5-13H2,1-2,4H3. The van der Waals surface area contributed by atoms with Crippen LogP contribution >= 0.6 is 0 Å². The van der Waals surface area contributed by atoms with Gasteiger partial charge in [-0.1, -0.05) is 38.7 Å². The van der Waals surface area contributed by atoms with Crippen LogP contribution < -0.4 is 5.32 Å². The van der Waals surface area contributed by atoms with Crippen molar-refractivity contribution in [2.24, 2.45) is 17.8 Å². The summed E-state index contributed by atoms with van der Waals surface area (Å²) in [6, 6.07) is 0. The van der Waals surface area contributed by atoms with E-state index in [1.54, 1.807) is 0 Å². The maximum atomic E-state index is 4.07. The van der Waals surface area contributed by atoms with Crippen molar-refractivity contribution in [2.45, 2.75) is 65.7 Å². The number of rotatable bonds is 8. The first-order chi connectivity index (χ1) is 8.67. The van der Waals surface area contributed by atoms with Crippen LogP contribution in [0.2, 0.25) is 0 Å². The van der Waals surface area contributed by atoms with E-state index >= 15 is 0 Å². The Balaban J connectivity index is 2.46. The fourth-order valence-electron chi connectivity index (χ4n) is 3.48. The number of allylic oxidation sites excluding steroid dienone is 1. The normalized spacial score (nSPS) is 28.3. The highest BCUT2D eigenvalue weighted by molar-refractivity contribution is 4.90. The molecule has 3 unspecified atom stereocenters. The van der Waals surface area contributed by atoms with E-state index in [9.17, 15) is 0 Å². The van der Waals surface area contributed by atoms with Gasteiger partial charge >= 0.3 is 0 Å². The van der Waals surface area contributed by atoms with E-state index in [1.807, 2.05) is 0 Å². The monoisotopic (exact) mass is 251 g/mol. The predicted molar refractivity (Wildman–Crippen MR) is 81.8 cm³/mol. The van der Waals surface area contributed by atoms with Crippen LogP contribution in [0.15, 0.2) is 12.2 Å². The van der Waals surface area contributed by atoms with Crippen molar-refractivity contribution < 1.29 is 0 Å². The molecule has 1 aliphatic carbocycles. The highest BCUT2D eigenvalue weighted by Gasteiger charge is 2.29. The molecule has 1 N–H and O–H groups in total. The third-order valence-electron chi connectivity index (χ3n) is 4.54. The molecule has 1 saturated carbocycles. The third-order valence-corrected chi connectivity index (χ3v) is 4.54. The zero-order valence-corrected chi connectivity index (χ0v) is 12.8. The largest absolute Gasteiger partial charge is 0.317 e. The van der Waals surface area contributed by atoms with Crippen molar-refractivity contribution in [3.63, 3.8) is 0 Å². The van der Waals surface area contributed by atoms with Crippen LogP contribution in [0.5, 0.6) is 0 Å². The van der Waals surface area contributed by atoms with Crippen molar-refractivity contribution in [3.05, 3.63) is 12.2 Å². The smallest absolute Gasteiger partial charge is 0.00180 e. The predicted octanol–water partition coefficient (Wildman–Crippen LogP) is 4.78. The molecule has 0 saturated heterocycles. The lowest BCUT2D eigenvalue weighted by Crippen LogP contribution is -2.33. The molecule has 0 spiro atoms. The van der Waals surface area contributed by atoms with Gasteiger partial charge in [-0.15, -0.1) is 6.58 Å². The average molecular weight is 251 g/mol. The summed E-state index contributed by atoms with van der Waals surface area (Å²) in [5, 5.41) is 3.56. The average Bonchev–Trinajstić information content (AvgIpc) is 2.35. The molecule has 0 heterocycles.